The van der Waals surface area contributed by atoms with Crippen LogP contribution in [0.1, 0.15) is 16.8 Å². The van der Waals surface area contributed by atoms with Crippen LogP contribution in [0, 0.1) is 13.8 Å². The maximum atomic E-state index is 13.0. The van der Waals surface area contributed by atoms with E-state index in [1.54, 1.807) is 10.9 Å². The van der Waals surface area contributed by atoms with Crippen molar-refractivity contribution in [1.82, 2.24) is 19.7 Å². The van der Waals surface area contributed by atoms with E-state index < -0.39 is 0 Å². The molecule has 0 atom stereocenters. The van der Waals surface area contributed by atoms with Gasteiger partial charge in [-0.1, -0.05) is 45.8 Å². The SMILES string of the molecule is Cc1ccc(-n2nc(C)c3c(=O)n(CC(=O)NCc4cccc(Br)c4)ccc32)cc1. The van der Waals surface area contributed by atoms with Gasteiger partial charge < -0.3 is 9.88 Å². The predicted molar refractivity (Wildman–Crippen MR) is 121 cm³/mol. The number of fused-ring (bicyclic) bond motifs is 1. The Bertz CT molecular complexity index is 1290. The molecule has 152 valence electrons. The third-order valence-electron chi connectivity index (χ3n) is 4.95. The maximum Gasteiger partial charge on any atom is 0.262 e. The molecule has 6 nitrogen and oxygen atoms in total. The topological polar surface area (TPSA) is 68.9 Å². The highest BCUT2D eigenvalue weighted by atomic mass is 79.9. The van der Waals surface area contributed by atoms with E-state index in [1.807, 2.05) is 68.4 Å². The standard InChI is InChI=1S/C23H21BrN4O2/c1-15-6-8-19(9-7-15)28-20-10-11-27(23(30)22(20)16(2)26-28)14-21(29)25-13-17-4-3-5-18(24)12-17/h3-12H,13-14H2,1-2H3,(H,25,29). The molecule has 1 N–H and O–H groups in total. The fourth-order valence-electron chi connectivity index (χ4n) is 3.40. The minimum atomic E-state index is -0.222. The summed E-state index contributed by atoms with van der Waals surface area (Å²) in [6, 6.07) is 17.5. The Kier molecular flexibility index (Phi) is 5.55. The molecule has 0 aliphatic rings. The van der Waals surface area contributed by atoms with Crippen molar-refractivity contribution in [3.8, 4) is 5.69 Å². The van der Waals surface area contributed by atoms with Gasteiger partial charge in [0.15, 0.2) is 0 Å². The second-order valence-electron chi connectivity index (χ2n) is 7.25. The van der Waals surface area contributed by atoms with Crippen molar-refractivity contribution >= 4 is 32.7 Å². The van der Waals surface area contributed by atoms with E-state index in [9.17, 15) is 9.59 Å². The molecule has 0 bridgehead atoms. The van der Waals surface area contributed by atoms with Gasteiger partial charge in [0, 0.05) is 17.2 Å². The van der Waals surface area contributed by atoms with E-state index in [-0.39, 0.29) is 18.0 Å². The lowest BCUT2D eigenvalue weighted by Gasteiger charge is -2.09. The molecule has 4 aromatic rings. The van der Waals surface area contributed by atoms with Gasteiger partial charge in [0.25, 0.3) is 5.56 Å². The lowest BCUT2D eigenvalue weighted by atomic mass is 10.2. The van der Waals surface area contributed by atoms with E-state index in [0.29, 0.717) is 17.6 Å². The third kappa shape index (κ3) is 4.07. The van der Waals surface area contributed by atoms with Crippen molar-refractivity contribution in [2.45, 2.75) is 26.9 Å². The van der Waals surface area contributed by atoms with Crippen molar-refractivity contribution < 1.29 is 4.79 Å². The molecule has 0 fully saturated rings. The summed E-state index contributed by atoms with van der Waals surface area (Å²) in [5.41, 5.74) is 4.18. The zero-order chi connectivity index (χ0) is 21.3. The molecule has 0 spiro atoms. The van der Waals surface area contributed by atoms with Gasteiger partial charge >= 0.3 is 0 Å². The summed E-state index contributed by atoms with van der Waals surface area (Å²) < 4.78 is 4.15. The van der Waals surface area contributed by atoms with Crippen molar-refractivity contribution in [2.75, 3.05) is 0 Å². The normalized spacial score (nSPS) is 11.0. The molecule has 0 saturated carbocycles. The quantitative estimate of drug-likeness (QED) is 0.487. The molecule has 0 aliphatic carbocycles. The molecule has 4 rings (SSSR count). The van der Waals surface area contributed by atoms with E-state index in [0.717, 1.165) is 26.8 Å². The average Bonchev–Trinajstić information content (AvgIpc) is 3.06. The number of amides is 1. The van der Waals surface area contributed by atoms with Crippen LogP contribution in [0.15, 0.2) is 70.1 Å². The van der Waals surface area contributed by atoms with Gasteiger partial charge in [-0.05, 0) is 49.7 Å². The first-order chi connectivity index (χ1) is 14.4. The fraction of sp³-hybridized carbons (Fsp3) is 0.174. The van der Waals surface area contributed by atoms with Crippen molar-refractivity contribution in [3.63, 3.8) is 0 Å². The monoisotopic (exact) mass is 464 g/mol. The molecular weight excluding hydrogens is 444 g/mol. The highest BCUT2D eigenvalue weighted by Crippen LogP contribution is 2.19. The van der Waals surface area contributed by atoms with E-state index in [2.05, 4.69) is 26.3 Å². The summed E-state index contributed by atoms with van der Waals surface area (Å²) in [6.07, 6.45) is 1.65. The van der Waals surface area contributed by atoms with E-state index >= 15 is 0 Å². The average molecular weight is 465 g/mol. The number of pyridine rings is 1. The molecule has 0 unspecified atom stereocenters. The summed E-state index contributed by atoms with van der Waals surface area (Å²) in [4.78, 5) is 25.4. The second-order valence-corrected chi connectivity index (χ2v) is 8.16. The number of carbonyl (C=O) groups is 1. The first kappa shape index (κ1) is 20.1. The Hall–Kier alpha value is -3.19. The number of carbonyl (C=O) groups excluding carboxylic acids is 1. The summed E-state index contributed by atoms with van der Waals surface area (Å²) in [6.45, 7) is 4.19. The molecule has 0 radical (unpaired) electrons. The summed E-state index contributed by atoms with van der Waals surface area (Å²) in [5.74, 6) is -0.222. The highest BCUT2D eigenvalue weighted by molar-refractivity contribution is 9.10. The minimum absolute atomic E-state index is 0.0437. The van der Waals surface area contributed by atoms with Gasteiger partial charge in [0.2, 0.25) is 5.91 Å². The largest absolute Gasteiger partial charge is 0.350 e. The number of nitrogens with one attached hydrogen (secondary N) is 1. The van der Waals surface area contributed by atoms with Gasteiger partial charge in [0.05, 0.1) is 22.3 Å². The Labute approximate surface area is 182 Å². The number of rotatable bonds is 5. The summed E-state index contributed by atoms with van der Waals surface area (Å²) in [5, 5.41) is 7.94. The van der Waals surface area contributed by atoms with Crippen LogP contribution in [-0.2, 0) is 17.9 Å². The summed E-state index contributed by atoms with van der Waals surface area (Å²) in [7, 11) is 0. The van der Waals surface area contributed by atoms with Gasteiger partial charge in [-0.15, -0.1) is 0 Å². The molecule has 30 heavy (non-hydrogen) atoms. The molecule has 2 aromatic carbocycles. The number of hydrogen-bond acceptors (Lipinski definition) is 3. The zero-order valence-electron chi connectivity index (χ0n) is 16.7. The van der Waals surface area contributed by atoms with Gasteiger partial charge in [0.1, 0.15) is 6.54 Å². The molecule has 0 saturated heterocycles. The Morgan fingerprint density at radius 3 is 2.60 bits per heavy atom. The molecule has 1 amide bonds. The lowest BCUT2D eigenvalue weighted by molar-refractivity contribution is -0.121. The van der Waals surface area contributed by atoms with E-state index in [1.165, 1.54) is 4.57 Å². The summed E-state index contributed by atoms with van der Waals surface area (Å²) >= 11 is 3.42. The van der Waals surface area contributed by atoms with E-state index in [4.69, 9.17) is 0 Å². The number of hydrogen-bond donors (Lipinski definition) is 1. The number of nitrogens with zero attached hydrogens (tertiary/aromatic N) is 3. The lowest BCUT2D eigenvalue weighted by Crippen LogP contribution is -2.31. The van der Waals surface area contributed by atoms with Gasteiger partial charge in [-0.25, -0.2) is 4.68 Å². The Morgan fingerprint density at radius 1 is 1.10 bits per heavy atom. The van der Waals surface area contributed by atoms with Crippen LogP contribution in [0.3, 0.4) is 0 Å². The van der Waals surface area contributed by atoms with Crippen LogP contribution in [0.4, 0.5) is 0 Å². The van der Waals surface area contributed by atoms with Crippen molar-refractivity contribution in [1.29, 1.82) is 0 Å². The van der Waals surface area contributed by atoms with Crippen LogP contribution < -0.4 is 10.9 Å². The number of benzene rings is 2. The molecule has 2 aromatic heterocycles. The number of aromatic nitrogens is 3. The van der Waals surface area contributed by atoms with Crippen LogP contribution in [0.2, 0.25) is 0 Å². The Morgan fingerprint density at radius 2 is 1.87 bits per heavy atom. The van der Waals surface area contributed by atoms with Crippen LogP contribution in [0.25, 0.3) is 16.6 Å². The van der Waals surface area contributed by atoms with Gasteiger partial charge in [-0.3, -0.25) is 9.59 Å². The smallest absolute Gasteiger partial charge is 0.262 e. The maximum absolute atomic E-state index is 13.0. The first-order valence-electron chi connectivity index (χ1n) is 9.59. The predicted octanol–water partition coefficient (Wildman–Crippen LogP) is 3.88. The zero-order valence-corrected chi connectivity index (χ0v) is 18.3. The van der Waals surface area contributed by atoms with Crippen LogP contribution in [0.5, 0.6) is 0 Å². The van der Waals surface area contributed by atoms with Gasteiger partial charge in [-0.2, -0.15) is 5.10 Å². The fourth-order valence-corrected chi connectivity index (χ4v) is 3.85. The molecule has 2 heterocycles. The Balaban J connectivity index is 1.57. The molecule has 0 aliphatic heterocycles. The second kappa shape index (κ2) is 8.28. The first-order valence-corrected chi connectivity index (χ1v) is 10.4. The molecule has 7 heteroatoms. The molecular formula is C23H21BrN4O2. The number of halogens is 1. The number of aryl methyl sites for hydroxylation is 2. The highest BCUT2D eigenvalue weighted by Gasteiger charge is 2.15. The van der Waals surface area contributed by atoms with Crippen LogP contribution in [-0.4, -0.2) is 20.3 Å². The van der Waals surface area contributed by atoms with Crippen molar-refractivity contribution in [2.24, 2.45) is 0 Å². The van der Waals surface area contributed by atoms with Crippen LogP contribution >= 0.6 is 15.9 Å². The third-order valence-corrected chi connectivity index (χ3v) is 5.45. The van der Waals surface area contributed by atoms with Crippen molar-refractivity contribution in [3.05, 3.63) is 92.4 Å². The minimum Gasteiger partial charge on any atom is -0.350 e.